The van der Waals surface area contributed by atoms with Gasteiger partial charge in [-0.1, -0.05) is 6.07 Å². The first-order valence-corrected chi connectivity index (χ1v) is 4.73. The van der Waals surface area contributed by atoms with Crippen molar-refractivity contribution in [2.45, 2.75) is 19.8 Å². The van der Waals surface area contributed by atoms with E-state index in [1.54, 1.807) is 6.92 Å². The summed E-state index contributed by atoms with van der Waals surface area (Å²) in [6.07, 6.45) is 0.666. The van der Waals surface area contributed by atoms with Crippen molar-refractivity contribution in [1.82, 2.24) is 4.98 Å². The van der Waals surface area contributed by atoms with E-state index in [9.17, 15) is 4.79 Å². The smallest absolute Gasteiger partial charge is 0.303 e. The van der Waals surface area contributed by atoms with Gasteiger partial charge in [0.2, 0.25) is 0 Å². The maximum absolute atomic E-state index is 10.4. The van der Waals surface area contributed by atoms with Crippen molar-refractivity contribution in [3.05, 3.63) is 29.7 Å². The molecule has 0 bridgehead atoms. The van der Waals surface area contributed by atoms with Crippen LogP contribution in [0.2, 0.25) is 0 Å². The summed E-state index contributed by atoms with van der Waals surface area (Å²) in [6, 6.07) is 5.57. The molecule has 0 atom stereocenters. The van der Waals surface area contributed by atoms with Crippen molar-refractivity contribution in [3.63, 3.8) is 0 Å². The zero-order valence-electron chi connectivity index (χ0n) is 8.36. The number of oxazole rings is 1. The molecule has 2 rings (SSSR count). The number of hydrogen-bond donors (Lipinski definition) is 1. The van der Waals surface area contributed by atoms with Gasteiger partial charge in [-0.2, -0.15) is 0 Å². The first-order valence-electron chi connectivity index (χ1n) is 4.73. The molecule has 15 heavy (non-hydrogen) atoms. The average molecular weight is 205 g/mol. The van der Waals surface area contributed by atoms with Gasteiger partial charge in [-0.25, -0.2) is 4.98 Å². The highest BCUT2D eigenvalue weighted by Crippen LogP contribution is 2.17. The van der Waals surface area contributed by atoms with E-state index in [2.05, 4.69) is 4.98 Å². The molecule has 0 saturated carbocycles. The standard InChI is InChI=1S/C11H11NO3/c1-7-12-9-6-8(3-5-11(13)14)2-4-10(9)15-7/h2,4,6H,3,5H2,1H3,(H,13,14). The lowest BCUT2D eigenvalue weighted by Crippen LogP contribution is -1.97. The predicted molar refractivity (Wildman–Crippen MR) is 54.7 cm³/mol. The molecule has 0 aliphatic carbocycles. The van der Waals surface area contributed by atoms with Crippen LogP contribution in [0.5, 0.6) is 0 Å². The molecule has 4 heteroatoms. The Morgan fingerprint density at radius 1 is 1.53 bits per heavy atom. The lowest BCUT2D eigenvalue weighted by molar-refractivity contribution is -0.136. The van der Waals surface area contributed by atoms with Crippen LogP contribution in [0.3, 0.4) is 0 Å². The summed E-state index contributed by atoms with van der Waals surface area (Å²) in [4.78, 5) is 14.6. The Labute approximate surface area is 86.5 Å². The highest BCUT2D eigenvalue weighted by molar-refractivity contribution is 5.73. The van der Waals surface area contributed by atoms with E-state index in [1.807, 2.05) is 18.2 Å². The molecule has 1 aromatic carbocycles. The Hall–Kier alpha value is -1.84. The van der Waals surface area contributed by atoms with Gasteiger partial charge in [-0.3, -0.25) is 4.79 Å². The lowest BCUT2D eigenvalue weighted by Gasteiger charge is -1.96. The van der Waals surface area contributed by atoms with Crippen molar-refractivity contribution in [1.29, 1.82) is 0 Å². The Bertz CT molecular complexity index is 502. The minimum atomic E-state index is -0.786. The van der Waals surface area contributed by atoms with Crippen molar-refractivity contribution in [3.8, 4) is 0 Å². The molecule has 0 unspecified atom stereocenters. The molecule has 4 nitrogen and oxygen atoms in total. The maximum atomic E-state index is 10.4. The van der Waals surface area contributed by atoms with E-state index in [4.69, 9.17) is 9.52 Å². The van der Waals surface area contributed by atoms with E-state index in [0.29, 0.717) is 12.3 Å². The van der Waals surface area contributed by atoms with Crippen molar-refractivity contribution < 1.29 is 14.3 Å². The zero-order chi connectivity index (χ0) is 10.8. The Morgan fingerprint density at radius 2 is 2.33 bits per heavy atom. The fourth-order valence-electron chi connectivity index (χ4n) is 1.49. The van der Waals surface area contributed by atoms with Crippen LogP contribution in [0.15, 0.2) is 22.6 Å². The van der Waals surface area contributed by atoms with E-state index >= 15 is 0 Å². The van der Waals surface area contributed by atoms with Crippen LogP contribution in [0.1, 0.15) is 17.9 Å². The van der Waals surface area contributed by atoms with Crippen LogP contribution in [-0.4, -0.2) is 16.1 Å². The third-order valence-corrected chi connectivity index (χ3v) is 2.19. The number of carbonyl (C=O) groups is 1. The number of carboxylic acids is 1. The number of benzene rings is 1. The molecule has 0 fully saturated rings. The molecule has 0 spiro atoms. The summed E-state index contributed by atoms with van der Waals surface area (Å²) in [5, 5.41) is 8.56. The minimum Gasteiger partial charge on any atom is -0.481 e. The summed E-state index contributed by atoms with van der Waals surface area (Å²) >= 11 is 0. The average Bonchev–Trinajstić information content (AvgIpc) is 2.53. The molecule has 0 amide bonds. The molecule has 1 N–H and O–H groups in total. The fraction of sp³-hybridized carbons (Fsp3) is 0.273. The molecule has 2 aromatic rings. The van der Waals surface area contributed by atoms with Gasteiger partial charge in [0.25, 0.3) is 0 Å². The monoisotopic (exact) mass is 205 g/mol. The number of rotatable bonds is 3. The van der Waals surface area contributed by atoms with Crippen molar-refractivity contribution in [2.75, 3.05) is 0 Å². The van der Waals surface area contributed by atoms with Crippen LogP contribution in [0.25, 0.3) is 11.1 Å². The molecule has 0 saturated heterocycles. The summed E-state index contributed by atoms with van der Waals surface area (Å²) in [6.45, 7) is 1.79. The molecular weight excluding hydrogens is 194 g/mol. The van der Waals surface area contributed by atoms with Gasteiger partial charge < -0.3 is 9.52 Å². The van der Waals surface area contributed by atoms with Gasteiger partial charge in [-0.15, -0.1) is 0 Å². The SMILES string of the molecule is Cc1nc2cc(CCC(=O)O)ccc2o1. The maximum Gasteiger partial charge on any atom is 0.303 e. The molecular formula is C11H11NO3. The zero-order valence-corrected chi connectivity index (χ0v) is 8.36. The van der Waals surface area contributed by atoms with Crippen LogP contribution in [-0.2, 0) is 11.2 Å². The third-order valence-electron chi connectivity index (χ3n) is 2.19. The van der Waals surface area contributed by atoms with Gasteiger partial charge in [0.1, 0.15) is 5.52 Å². The number of carboxylic acid groups (broad SMARTS) is 1. The number of aliphatic carboxylic acids is 1. The molecule has 78 valence electrons. The molecule has 0 aliphatic rings. The predicted octanol–water partition coefficient (Wildman–Crippen LogP) is 2.15. The van der Waals surface area contributed by atoms with Crippen molar-refractivity contribution >= 4 is 17.1 Å². The molecule has 0 aliphatic heterocycles. The minimum absolute atomic E-state index is 0.141. The molecule has 1 aromatic heterocycles. The van der Waals surface area contributed by atoms with Crippen LogP contribution in [0.4, 0.5) is 0 Å². The fourth-order valence-corrected chi connectivity index (χ4v) is 1.49. The number of fused-ring (bicyclic) bond motifs is 1. The number of aryl methyl sites for hydroxylation is 2. The Kier molecular flexibility index (Phi) is 2.41. The van der Waals surface area contributed by atoms with Gasteiger partial charge in [0, 0.05) is 13.3 Å². The van der Waals surface area contributed by atoms with Crippen LogP contribution < -0.4 is 0 Å². The number of hydrogen-bond acceptors (Lipinski definition) is 3. The van der Waals surface area contributed by atoms with Gasteiger partial charge in [0.05, 0.1) is 0 Å². The summed E-state index contributed by atoms with van der Waals surface area (Å²) in [5.74, 6) is -0.160. The van der Waals surface area contributed by atoms with E-state index in [-0.39, 0.29) is 6.42 Å². The second-order valence-electron chi connectivity index (χ2n) is 3.43. The Morgan fingerprint density at radius 3 is 3.07 bits per heavy atom. The van der Waals surface area contributed by atoms with E-state index in [0.717, 1.165) is 16.7 Å². The van der Waals surface area contributed by atoms with Gasteiger partial charge >= 0.3 is 5.97 Å². The van der Waals surface area contributed by atoms with Crippen molar-refractivity contribution in [2.24, 2.45) is 0 Å². The van der Waals surface area contributed by atoms with Crippen LogP contribution in [0, 0.1) is 6.92 Å². The van der Waals surface area contributed by atoms with E-state index in [1.165, 1.54) is 0 Å². The number of nitrogens with zero attached hydrogens (tertiary/aromatic N) is 1. The number of aromatic nitrogens is 1. The Balaban J connectivity index is 2.26. The van der Waals surface area contributed by atoms with Crippen LogP contribution >= 0.6 is 0 Å². The van der Waals surface area contributed by atoms with E-state index < -0.39 is 5.97 Å². The second kappa shape index (κ2) is 3.73. The first kappa shape index (κ1) is 9.71. The summed E-state index contributed by atoms with van der Waals surface area (Å²) in [5.41, 5.74) is 2.50. The highest BCUT2D eigenvalue weighted by Gasteiger charge is 2.04. The van der Waals surface area contributed by atoms with Gasteiger partial charge in [-0.05, 0) is 24.1 Å². The summed E-state index contributed by atoms with van der Waals surface area (Å²) < 4.78 is 5.32. The quantitative estimate of drug-likeness (QED) is 0.833. The first-order chi connectivity index (χ1) is 7.15. The second-order valence-corrected chi connectivity index (χ2v) is 3.43. The normalized spacial score (nSPS) is 10.7. The topological polar surface area (TPSA) is 63.3 Å². The molecule has 0 radical (unpaired) electrons. The van der Waals surface area contributed by atoms with Gasteiger partial charge in [0.15, 0.2) is 11.5 Å². The molecule has 1 heterocycles. The third kappa shape index (κ3) is 2.15. The lowest BCUT2D eigenvalue weighted by atomic mass is 10.1. The highest BCUT2D eigenvalue weighted by atomic mass is 16.4. The summed E-state index contributed by atoms with van der Waals surface area (Å²) in [7, 11) is 0. The largest absolute Gasteiger partial charge is 0.481 e.